The Morgan fingerprint density at radius 3 is 2.54 bits per heavy atom. The predicted octanol–water partition coefficient (Wildman–Crippen LogP) is -0.0286. The summed E-state index contributed by atoms with van der Waals surface area (Å²) in [4.78, 5) is 34.1. The quantitative estimate of drug-likeness (QED) is 0.539. The number of carboxylic acids is 1. The molecule has 0 fully saturated rings. The Labute approximate surface area is 139 Å². The van der Waals surface area contributed by atoms with Crippen LogP contribution in [0.15, 0.2) is 24.3 Å². The van der Waals surface area contributed by atoms with Gasteiger partial charge >= 0.3 is 11.9 Å². The Balaban J connectivity index is 2.59. The smallest absolute Gasteiger partial charge is 0.330 e. The van der Waals surface area contributed by atoms with E-state index in [2.05, 4.69) is 10.1 Å². The van der Waals surface area contributed by atoms with Gasteiger partial charge < -0.3 is 25.6 Å². The lowest BCUT2D eigenvalue weighted by molar-refractivity contribution is -0.147. The maximum absolute atomic E-state index is 11.8. The maximum atomic E-state index is 11.8. The van der Waals surface area contributed by atoms with E-state index in [1.807, 2.05) is 31.2 Å². The van der Waals surface area contributed by atoms with Crippen molar-refractivity contribution in [3.05, 3.63) is 35.4 Å². The van der Waals surface area contributed by atoms with Gasteiger partial charge in [0.25, 0.3) is 0 Å². The van der Waals surface area contributed by atoms with Gasteiger partial charge in [0, 0.05) is 0 Å². The van der Waals surface area contributed by atoms with Gasteiger partial charge in [-0.25, -0.2) is 4.79 Å². The lowest BCUT2D eigenvalue weighted by atomic mass is 10.1. The van der Waals surface area contributed by atoms with Gasteiger partial charge in [-0.1, -0.05) is 24.3 Å². The van der Waals surface area contributed by atoms with E-state index in [0.717, 1.165) is 11.1 Å². The molecule has 0 radical (unpaired) electrons. The van der Waals surface area contributed by atoms with E-state index in [-0.39, 0.29) is 13.2 Å². The first-order valence-electron chi connectivity index (χ1n) is 7.33. The van der Waals surface area contributed by atoms with Crippen molar-refractivity contribution < 1.29 is 29.0 Å². The topological polar surface area (TPSA) is 128 Å². The minimum Gasteiger partial charge on any atom is -0.481 e. The lowest BCUT2D eigenvalue weighted by Gasteiger charge is -2.19. The molecular formula is C16H22N2O6. The second kappa shape index (κ2) is 9.64. The largest absolute Gasteiger partial charge is 0.481 e. The molecule has 24 heavy (non-hydrogen) atoms. The van der Waals surface area contributed by atoms with Crippen LogP contribution in [-0.4, -0.2) is 48.8 Å². The van der Waals surface area contributed by atoms with Crippen LogP contribution in [-0.2, 0) is 30.5 Å². The van der Waals surface area contributed by atoms with Crippen molar-refractivity contribution in [2.45, 2.75) is 32.0 Å². The number of methoxy groups -OCH3 is 1. The SMILES string of the molecule is COC(=O)[C@H](COCc1ccccc1C)NC(=O)[C@@H](N)CC(=O)O. The van der Waals surface area contributed by atoms with Crippen LogP contribution >= 0.6 is 0 Å². The van der Waals surface area contributed by atoms with Crippen molar-refractivity contribution in [2.24, 2.45) is 5.73 Å². The molecule has 132 valence electrons. The van der Waals surface area contributed by atoms with E-state index in [0.29, 0.717) is 0 Å². The number of hydrogen-bond donors (Lipinski definition) is 3. The van der Waals surface area contributed by atoms with E-state index in [1.165, 1.54) is 7.11 Å². The highest BCUT2D eigenvalue weighted by Gasteiger charge is 2.25. The first kappa shape index (κ1) is 19.6. The fourth-order valence-electron chi connectivity index (χ4n) is 1.93. The van der Waals surface area contributed by atoms with Gasteiger partial charge in [0.2, 0.25) is 5.91 Å². The van der Waals surface area contributed by atoms with Gasteiger partial charge in [-0.05, 0) is 18.1 Å². The van der Waals surface area contributed by atoms with Gasteiger partial charge in [-0.2, -0.15) is 0 Å². The molecule has 0 unspecified atom stereocenters. The Morgan fingerprint density at radius 2 is 1.96 bits per heavy atom. The van der Waals surface area contributed by atoms with Crippen LogP contribution in [0.5, 0.6) is 0 Å². The lowest BCUT2D eigenvalue weighted by Crippen LogP contribution is -2.51. The van der Waals surface area contributed by atoms with Gasteiger partial charge in [0.15, 0.2) is 6.04 Å². The summed E-state index contributed by atoms with van der Waals surface area (Å²) in [5, 5.41) is 11.0. The number of carboxylic acid groups (broad SMARTS) is 1. The third kappa shape index (κ3) is 6.35. The molecule has 2 atom stereocenters. The van der Waals surface area contributed by atoms with E-state index in [4.69, 9.17) is 15.6 Å². The van der Waals surface area contributed by atoms with E-state index in [9.17, 15) is 14.4 Å². The van der Waals surface area contributed by atoms with Gasteiger partial charge in [0.05, 0.1) is 32.8 Å². The molecule has 0 aromatic heterocycles. The number of benzene rings is 1. The van der Waals surface area contributed by atoms with Crippen LogP contribution in [0, 0.1) is 6.92 Å². The summed E-state index contributed by atoms with van der Waals surface area (Å²) in [6.07, 6.45) is -0.538. The molecule has 0 aliphatic carbocycles. The fraction of sp³-hybridized carbons (Fsp3) is 0.438. The van der Waals surface area contributed by atoms with E-state index >= 15 is 0 Å². The predicted molar refractivity (Wildman–Crippen MR) is 85.0 cm³/mol. The highest BCUT2D eigenvalue weighted by atomic mass is 16.5. The van der Waals surface area contributed by atoms with Crippen LogP contribution in [0.3, 0.4) is 0 Å². The zero-order valence-corrected chi connectivity index (χ0v) is 13.7. The number of hydrogen-bond acceptors (Lipinski definition) is 6. The van der Waals surface area contributed by atoms with Crippen LogP contribution < -0.4 is 11.1 Å². The molecule has 1 amide bonds. The molecular weight excluding hydrogens is 316 g/mol. The van der Waals surface area contributed by atoms with Crippen molar-refractivity contribution in [1.82, 2.24) is 5.32 Å². The van der Waals surface area contributed by atoms with Crippen LogP contribution in [0.25, 0.3) is 0 Å². The van der Waals surface area contributed by atoms with Crippen molar-refractivity contribution >= 4 is 17.8 Å². The third-order valence-corrected chi connectivity index (χ3v) is 3.34. The number of amides is 1. The summed E-state index contributed by atoms with van der Waals surface area (Å²) in [7, 11) is 1.18. The first-order chi connectivity index (χ1) is 11.3. The molecule has 0 saturated heterocycles. The van der Waals surface area contributed by atoms with Gasteiger partial charge in [-0.3, -0.25) is 9.59 Å². The number of carbonyl (C=O) groups is 3. The Hall–Kier alpha value is -2.45. The van der Waals surface area contributed by atoms with Crippen LogP contribution in [0.1, 0.15) is 17.5 Å². The Kier molecular flexibility index (Phi) is 7.87. The number of nitrogens with one attached hydrogen (secondary N) is 1. The second-order valence-electron chi connectivity index (χ2n) is 5.23. The number of ether oxygens (including phenoxy) is 2. The fourth-order valence-corrected chi connectivity index (χ4v) is 1.93. The first-order valence-corrected chi connectivity index (χ1v) is 7.33. The molecule has 1 aromatic carbocycles. The molecule has 1 rings (SSSR count). The number of carbonyl (C=O) groups excluding carboxylic acids is 2. The van der Waals surface area contributed by atoms with Crippen molar-refractivity contribution in [3.63, 3.8) is 0 Å². The summed E-state index contributed by atoms with van der Waals surface area (Å²) in [6, 6.07) is 5.28. The van der Waals surface area contributed by atoms with E-state index in [1.54, 1.807) is 0 Å². The monoisotopic (exact) mass is 338 g/mol. The molecule has 0 saturated carbocycles. The molecule has 4 N–H and O–H groups in total. The zero-order valence-electron chi connectivity index (χ0n) is 13.7. The minimum atomic E-state index is -1.26. The number of esters is 1. The number of aryl methyl sites for hydroxylation is 1. The third-order valence-electron chi connectivity index (χ3n) is 3.34. The number of nitrogens with two attached hydrogens (primary N) is 1. The highest BCUT2D eigenvalue weighted by molar-refractivity contribution is 5.89. The van der Waals surface area contributed by atoms with Crippen molar-refractivity contribution in [2.75, 3.05) is 13.7 Å². The summed E-state index contributed by atoms with van der Waals surface area (Å²) < 4.78 is 10.1. The van der Waals surface area contributed by atoms with Gasteiger partial charge in [0.1, 0.15) is 0 Å². The van der Waals surface area contributed by atoms with Crippen LogP contribution in [0.2, 0.25) is 0 Å². The Morgan fingerprint density at radius 1 is 1.29 bits per heavy atom. The average molecular weight is 338 g/mol. The molecule has 0 bridgehead atoms. The number of aliphatic carboxylic acids is 1. The zero-order chi connectivity index (χ0) is 18.1. The molecule has 0 heterocycles. The van der Waals surface area contributed by atoms with Crippen LogP contribution in [0.4, 0.5) is 0 Å². The molecule has 8 heteroatoms. The molecule has 0 aliphatic rings. The van der Waals surface area contributed by atoms with Crippen molar-refractivity contribution in [3.8, 4) is 0 Å². The summed E-state index contributed by atoms with van der Waals surface area (Å²) in [5.74, 6) is -2.66. The van der Waals surface area contributed by atoms with E-state index < -0.39 is 36.4 Å². The number of rotatable bonds is 9. The summed E-state index contributed by atoms with van der Waals surface area (Å²) in [6.45, 7) is 2.08. The Bertz CT molecular complexity index is 590. The second-order valence-corrected chi connectivity index (χ2v) is 5.23. The summed E-state index contributed by atoms with van der Waals surface area (Å²) >= 11 is 0. The summed E-state index contributed by atoms with van der Waals surface area (Å²) in [5.41, 5.74) is 7.46. The van der Waals surface area contributed by atoms with Crippen molar-refractivity contribution in [1.29, 1.82) is 0 Å². The molecule has 0 spiro atoms. The minimum absolute atomic E-state index is 0.119. The average Bonchev–Trinajstić information content (AvgIpc) is 2.54. The molecule has 0 aliphatic heterocycles. The molecule has 8 nitrogen and oxygen atoms in total. The standard InChI is InChI=1S/C16H22N2O6/c1-10-5-3-4-6-11(10)8-24-9-13(16(22)23-2)18-15(21)12(17)7-14(19)20/h3-6,12-13H,7-9,17H2,1-2H3,(H,18,21)(H,19,20)/t12-,13-/m0/s1. The molecule has 1 aromatic rings. The maximum Gasteiger partial charge on any atom is 0.330 e. The van der Waals surface area contributed by atoms with Gasteiger partial charge in [-0.15, -0.1) is 0 Å². The normalized spacial score (nSPS) is 13.0. The highest BCUT2D eigenvalue weighted by Crippen LogP contribution is 2.08.